The number of nitro groups is 1. The number of rotatable bonds is 5. The molecule has 110 valence electrons. The zero-order valence-electron chi connectivity index (χ0n) is 12.0. The average Bonchev–Trinajstić information content (AvgIpc) is 2.45. The molecule has 21 heavy (non-hydrogen) atoms. The normalized spacial score (nSPS) is 12.1. The van der Waals surface area contributed by atoms with Crippen LogP contribution in [0.15, 0.2) is 42.5 Å². The first-order chi connectivity index (χ1) is 9.97. The molecule has 2 aromatic rings. The number of halogens is 1. The third-order valence-corrected chi connectivity index (χ3v) is 3.41. The van der Waals surface area contributed by atoms with Crippen molar-refractivity contribution in [3.05, 3.63) is 75.1 Å². The topological polar surface area (TPSA) is 55.2 Å². The van der Waals surface area contributed by atoms with Gasteiger partial charge in [0.25, 0.3) is 5.69 Å². The fourth-order valence-corrected chi connectivity index (χ4v) is 2.11. The quantitative estimate of drug-likeness (QED) is 0.670. The molecule has 1 N–H and O–H groups in total. The van der Waals surface area contributed by atoms with Gasteiger partial charge in [0, 0.05) is 24.2 Å². The van der Waals surface area contributed by atoms with Crippen molar-refractivity contribution < 1.29 is 9.31 Å². The van der Waals surface area contributed by atoms with E-state index in [1.165, 1.54) is 17.7 Å². The number of nitrogens with one attached hydrogen (secondary N) is 1. The molecule has 0 bridgehead atoms. The number of aryl methyl sites for hydroxylation is 1. The minimum Gasteiger partial charge on any atom is -0.306 e. The third-order valence-electron chi connectivity index (χ3n) is 3.41. The van der Waals surface area contributed by atoms with Crippen molar-refractivity contribution in [2.24, 2.45) is 0 Å². The summed E-state index contributed by atoms with van der Waals surface area (Å²) in [5.41, 5.74) is 2.53. The number of benzene rings is 2. The van der Waals surface area contributed by atoms with Crippen LogP contribution in [0.5, 0.6) is 0 Å². The molecule has 0 aliphatic heterocycles. The summed E-state index contributed by atoms with van der Waals surface area (Å²) in [6.07, 6.45) is 0. The lowest BCUT2D eigenvalue weighted by Crippen LogP contribution is -2.18. The van der Waals surface area contributed by atoms with Crippen molar-refractivity contribution in [1.29, 1.82) is 0 Å². The second-order valence-corrected chi connectivity index (χ2v) is 5.04. The van der Waals surface area contributed by atoms with Gasteiger partial charge in [-0.2, -0.15) is 0 Å². The van der Waals surface area contributed by atoms with E-state index in [9.17, 15) is 14.5 Å². The first-order valence-corrected chi connectivity index (χ1v) is 6.70. The van der Waals surface area contributed by atoms with Crippen LogP contribution in [-0.2, 0) is 6.54 Å². The lowest BCUT2D eigenvalue weighted by Gasteiger charge is -2.14. The van der Waals surface area contributed by atoms with Crippen molar-refractivity contribution >= 4 is 5.69 Å². The SMILES string of the molecule is Cc1ccc([C@@H](C)NCc2cc(F)ccc2[N+](=O)[O-])cc1. The van der Waals surface area contributed by atoms with Gasteiger partial charge in [0.1, 0.15) is 5.82 Å². The summed E-state index contributed by atoms with van der Waals surface area (Å²) in [5, 5.41) is 14.1. The molecule has 0 radical (unpaired) electrons. The minimum absolute atomic E-state index is 0.0217. The maximum atomic E-state index is 13.3. The van der Waals surface area contributed by atoms with Crippen LogP contribution in [0.25, 0.3) is 0 Å². The summed E-state index contributed by atoms with van der Waals surface area (Å²) in [7, 11) is 0. The Hall–Kier alpha value is -2.27. The van der Waals surface area contributed by atoms with E-state index in [1.807, 2.05) is 38.1 Å². The van der Waals surface area contributed by atoms with Crippen molar-refractivity contribution in [2.45, 2.75) is 26.4 Å². The van der Waals surface area contributed by atoms with Gasteiger partial charge >= 0.3 is 0 Å². The molecule has 5 heteroatoms. The maximum absolute atomic E-state index is 13.3. The summed E-state index contributed by atoms with van der Waals surface area (Å²) in [6, 6.07) is 11.6. The summed E-state index contributed by atoms with van der Waals surface area (Å²) < 4.78 is 13.3. The van der Waals surface area contributed by atoms with Gasteiger partial charge in [0.2, 0.25) is 0 Å². The Kier molecular flexibility index (Phi) is 4.65. The molecule has 0 fully saturated rings. The first kappa shape index (κ1) is 15.1. The molecule has 0 spiro atoms. The van der Waals surface area contributed by atoms with Crippen molar-refractivity contribution in [1.82, 2.24) is 5.32 Å². The molecule has 4 nitrogen and oxygen atoms in total. The van der Waals surface area contributed by atoms with Crippen LogP contribution in [0.1, 0.15) is 29.7 Å². The highest BCUT2D eigenvalue weighted by Gasteiger charge is 2.15. The number of nitrogens with zero attached hydrogens (tertiary/aromatic N) is 1. The lowest BCUT2D eigenvalue weighted by atomic mass is 10.1. The maximum Gasteiger partial charge on any atom is 0.274 e. The van der Waals surface area contributed by atoms with Gasteiger partial charge in [-0.3, -0.25) is 10.1 Å². The van der Waals surface area contributed by atoms with Gasteiger partial charge < -0.3 is 5.32 Å². The van der Waals surface area contributed by atoms with Gasteiger partial charge in [-0.05, 0) is 31.5 Å². The largest absolute Gasteiger partial charge is 0.306 e. The molecule has 0 heterocycles. The van der Waals surface area contributed by atoms with Gasteiger partial charge in [0.15, 0.2) is 0 Å². The fourth-order valence-electron chi connectivity index (χ4n) is 2.11. The Labute approximate surface area is 122 Å². The van der Waals surface area contributed by atoms with Gasteiger partial charge in [-0.1, -0.05) is 29.8 Å². The van der Waals surface area contributed by atoms with E-state index in [0.717, 1.165) is 11.6 Å². The molecule has 0 saturated heterocycles. The first-order valence-electron chi connectivity index (χ1n) is 6.70. The second kappa shape index (κ2) is 6.45. The number of hydrogen-bond donors (Lipinski definition) is 1. The summed E-state index contributed by atoms with van der Waals surface area (Å²) in [6.45, 7) is 4.22. The van der Waals surface area contributed by atoms with Crippen LogP contribution in [0, 0.1) is 22.9 Å². The van der Waals surface area contributed by atoms with E-state index < -0.39 is 10.7 Å². The van der Waals surface area contributed by atoms with Crippen LogP contribution >= 0.6 is 0 Å². The average molecular weight is 288 g/mol. The molecule has 2 rings (SSSR count). The Balaban J connectivity index is 2.10. The molecule has 0 amide bonds. The molecule has 0 saturated carbocycles. The van der Waals surface area contributed by atoms with Crippen molar-refractivity contribution in [2.75, 3.05) is 0 Å². The highest BCUT2D eigenvalue weighted by atomic mass is 19.1. The summed E-state index contributed by atoms with van der Waals surface area (Å²) in [4.78, 5) is 10.4. The van der Waals surface area contributed by atoms with Crippen LogP contribution in [0.4, 0.5) is 10.1 Å². The summed E-state index contributed by atoms with van der Waals surface area (Å²) in [5.74, 6) is -0.472. The highest BCUT2D eigenvalue weighted by molar-refractivity contribution is 5.40. The van der Waals surface area contributed by atoms with Crippen LogP contribution in [-0.4, -0.2) is 4.92 Å². The van der Waals surface area contributed by atoms with E-state index >= 15 is 0 Å². The molecule has 2 aromatic carbocycles. The lowest BCUT2D eigenvalue weighted by molar-refractivity contribution is -0.385. The van der Waals surface area contributed by atoms with E-state index in [0.29, 0.717) is 5.56 Å². The Bertz CT molecular complexity index is 641. The predicted molar refractivity (Wildman–Crippen MR) is 79.5 cm³/mol. The van der Waals surface area contributed by atoms with Gasteiger partial charge in [-0.25, -0.2) is 4.39 Å². The van der Waals surface area contributed by atoms with E-state index in [-0.39, 0.29) is 18.3 Å². The number of nitro benzene ring substituents is 1. The minimum atomic E-state index is -0.493. The van der Waals surface area contributed by atoms with Crippen LogP contribution in [0.2, 0.25) is 0 Å². The second-order valence-electron chi connectivity index (χ2n) is 5.04. The zero-order chi connectivity index (χ0) is 15.4. The monoisotopic (exact) mass is 288 g/mol. The van der Waals surface area contributed by atoms with Gasteiger partial charge in [-0.15, -0.1) is 0 Å². The van der Waals surface area contributed by atoms with E-state index in [1.54, 1.807) is 0 Å². The molecule has 0 aromatic heterocycles. The number of hydrogen-bond acceptors (Lipinski definition) is 3. The summed E-state index contributed by atoms with van der Waals surface area (Å²) >= 11 is 0. The molecule has 0 unspecified atom stereocenters. The molecule has 0 aliphatic rings. The Morgan fingerprint density at radius 2 is 1.90 bits per heavy atom. The smallest absolute Gasteiger partial charge is 0.274 e. The Morgan fingerprint density at radius 1 is 1.24 bits per heavy atom. The van der Waals surface area contributed by atoms with E-state index in [4.69, 9.17) is 0 Å². The van der Waals surface area contributed by atoms with Crippen molar-refractivity contribution in [3.8, 4) is 0 Å². The zero-order valence-corrected chi connectivity index (χ0v) is 12.0. The van der Waals surface area contributed by atoms with Crippen LogP contribution < -0.4 is 5.32 Å². The van der Waals surface area contributed by atoms with E-state index in [2.05, 4.69) is 5.32 Å². The molecular formula is C16H17FN2O2. The highest BCUT2D eigenvalue weighted by Crippen LogP contribution is 2.21. The molecular weight excluding hydrogens is 271 g/mol. The predicted octanol–water partition coefficient (Wildman–Crippen LogP) is 3.89. The van der Waals surface area contributed by atoms with Crippen molar-refractivity contribution in [3.63, 3.8) is 0 Å². The Morgan fingerprint density at radius 3 is 2.52 bits per heavy atom. The van der Waals surface area contributed by atoms with Gasteiger partial charge in [0.05, 0.1) is 4.92 Å². The van der Waals surface area contributed by atoms with Crippen LogP contribution in [0.3, 0.4) is 0 Å². The molecule has 0 aliphatic carbocycles. The standard InChI is InChI=1S/C16H17FN2O2/c1-11-3-5-13(6-4-11)12(2)18-10-14-9-15(17)7-8-16(14)19(20)21/h3-9,12,18H,10H2,1-2H3/t12-/m1/s1. The molecule has 1 atom stereocenters. The third kappa shape index (κ3) is 3.86. The fraction of sp³-hybridized carbons (Fsp3) is 0.250.